The average molecular weight is 226 g/mol. The first kappa shape index (κ1) is 13.3. The summed E-state index contributed by atoms with van der Waals surface area (Å²) in [6.45, 7) is 1.50. The van der Waals surface area contributed by atoms with Gasteiger partial charge in [-0.3, -0.25) is 0 Å². The summed E-state index contributed by atoms with van der Waals surface area (Å²) < 4.78 is 26.0. The molecule has 4 N–H and O–H groups in total. The van der Waals surface area contributed by atoms with Crippen molar-refractivity contribution in [1.29, 1.82) is 0 Å². The minimum atomic E-state index is -3.70. The zero-order valence-corrected chi connectivity index (χ0v) is 8.54. The molecular formula is C6H14N2O5S. The van der Waals surface area contributed by atoms with E-state index in [1.54, 1.807) is 6.92 Å². The van der Waals surface area contributed by atoms with Crippen molar-refractivity contribution >= 4 is 16.2 Å². The number of carbonyl (C=O) groups is 1. The summed E-state index contributed by atoms with van der Waals surface area (Å²) in [4.78, 5) is 10.1. The Hall–Kier alpha value is -0.700. The highest BCUT2D eigenvalue weighted by Gasteiger charge is 2.16. The van der Waals surface area contributed by atoms with Crippen LogP contribution in [0.1, 0.15) is 13.3 Å². The van der Waals surface area contributed by atoms with Crippen molar-refractivity contribution in [1.82, 2.24) is 9.44 Å². The van der Waals surface area contributed by atoms with Gasteiger partial charge >= 0.3 is 5.97 Å². The first-order chi connectivity index (χ1) is 6.39. The van der Waals surface area contributed by atoms with E-state index in [4.69, 9.17) is 10.2 Å². The van der Waals surface area contributed by atoms with Crippen LogP contribution in [0.3, 0.4) is 0 Å². The molecule has 0 spiro atoms. The van der Waals surface area contributed by atoms with Crippen molar-refractivity contribution in [3.63, 3.8) is 0 Å². The summed E-state index contributed by atoms with van der Waals surface area (Å²) in [7, 11) is -3.70. The van der Waals surface area contributed by atoms with E-state index in [-0.39, 0.29) is 6.54 Å². The van der Waals surface area contributed by atoms with Crippen LogP contribution >= 0.6 is 0 Å². The van der Waals surface area contributed by atoms with Crippen LogP contribution in [-0.4, -0.2) is 43.8 Å². The largest absolute Gasteiger partial charge is 0.479 e. The van der Waals surface area contributed by atoms with Gasteiger partial charge in [-0.15, -0.1) is 0 Å². The average Bonchev–Trinajstić information content (AvgIpc) is 2.11. The Morgan fingerprint density at radius 3 is 2.43 bits per heavy atom. The molecule has 0 aromatic heterocycles. The van der Waals surface area contributed by atoms with Crippen molar-refractivity contribution in [2.75, 3.05) is 13.1 Å². The Balaban J connectivity index is 3.93. The maximum absolute atomic E-state index is 11.0. The van der Waals surface area contributed by atoms with E-state index in [9.17, 15) is 13.2 Å². The summed E-state index contributed by atoms with van der Waals surface area (Å²) in [5, 5.41) is 17.0. The SMILES string of the molecule is CCCNS(=O)(=O)NC[C@H](O)C(=O)O. The minimum Gasteiger partial charge on any atom is -0.479 e. The molecule has 7 nitrogen and oxygen atoms in total. The number of aliphatic hydroxyl groups is 1. The fourth-order valence-electron chi connectivity index (χ4n) is 0.563. The number of aliphatic hydroxyl groups excluding tert-OH is 1. The highest BCUT2D eigenvalue weighted by Crippen LogP contribution is 1.83. The zero-order chi connectivity index (χ0) is 11.2. The quantitative estimate of drug-likeness (QED) is 0.411. The molecule has 0 amide bonds. The van der Waals surface area contributed by atoms with E-state index in [0.717, 1.165) is 0 Å². The topological polar surface area (TPSA) is 116 Å². The molecule has 0 saturated heterocycles. The molecule has 0 heterocycles. The molecule has 0 saturated carbocycles. The fraction of sp³-hybridized carbons (Fsp3) is 0.833. The first-order valence-corrected chi connectivity index (χ1v) is 5.52. The van der Waals surface area contributed by atoms with Crippen LogP contribution in [0.25, 0.3) is 0 Å². The highest BCUT2D eigenvalue weighted by atomic mass is 32.2. The van der Waals surface area contributed by atoms with E-state index < -0.39 is 28.8 Å². The predicted molar refractivity (Wildman–Crippen MR) is 48.9 cm³/mol. The van der Waals surface area contributed by atoms with E-state index in [0.29, 0.717) is 6.42 Å². The number of rotatable bonds is 7. The van der Waals surface area contributed by atoms with E-state index in [2.05, 4.69) is 4.72 Å². The van der Waals surface area contributed by atoms with Gasteiger partial charge in [0, 0.05) is 13.1 Å². The summed E-state index contributed by atoms with van der Waals surface area (Å²) in [5.41, 5.74) is 0. The molecule has 0 aromatic rings. The number of carboxylic acid groups (broad SMARTS) is 1. The Bertz CT molecular complexity index is 276. The Morgan fingerprint density at radius 1 is 1.43 bits per heavy atom. The molecule has 8 heteroatoms. The van der Waals surface area contributed by atoms with E-state index in [1.807, 2.05) is 4.72 Å². The molecule has 0 rings (SSSR count). The zero-order valence-electron chi connectivity index (χ0n) is 7.73. The lowest BCUT2D eigenvalue weighted by Crippen LogP contribution is -2.42. The van der Waals surface area contributed by atoms with Gasteiger partial charge in [-0.2, -0.15) is 13.1 Å². The van der Waals surface area contributed by atoms with Crippen LogP contribution in [-0.2, 0) is 15.0 Å². The van der Waals surface area contributed by atoms with Gasteiger partial charge in [0.1, 0.15) is 0 Å². The van der Waals surface area contributed by atoms with Crippen LogP contribution in [0.15, 0.2) is 0 Å². The van der Waals surface area contributed by atoms with Gasteiger partial charge in [-0.05, 0) is 6.42 Å². The second kappa shape index (κ2) is 5.91. The van der Waals surface area contributed by atoms with Crippen molar-refractivity contribution in [2.24, 2.45) is 0 Å². The van der Waals surface area contributed by atoms with Crippen LogP contribution in [0.2, 0.25) is 0 Å². The molecule has 84 valence electrons. The third kappa shape index (κ3) is 5.86. The molecule has 0 aliphatic rings. The molecule has 0 radical (unpaired) electrons. The highest BCUT2D eigenvalue weighted by molar-refractivity contribution is 7.87. The van der Waals surface area contributed by atoms with Crippen LogP contribution < -0.4 is 9.44 Å². The van der Waals surface area contributed by atoms with E-state index >= 15 is 0 Å². The smallest absolute Gasteiger partial charge is 0.333 e. The standard InChI is InChI=1S/C6H14N2O5S/c1-2-3-7-14(12,13)8-4-5(9)6(10)11/h5,7-9H,2-4H2,1H3,(H,10,11)/t5-/m0/s1. The monoisotopic (exact) mass is 226 g/mol. The van der Waals surface area contributed by atoms with E-state index in [1.165, 1.54) is 0 Å². The molecule has 0 bridgehead atoms. The Kier molecular flexibility index (Phi) is 5.62. The molecule has 0 aromatic carbocycles. The molecule has 0 aliphatic carbocycles. The van der Waals surface area contributed by atoms with Gasteiger partial charge in [0.25, 0.3) is 10.2 Å². The lowest BCUT2D eigenvalue weighted by Gasteiger charge is -2.08. The Labute approximate surface area is 82.3 Å². The number of hydrogen-bond acceptors (Lipinski definition) is 4. The second-order valence-corrected chi connectivity index (χ2v) is 4.18. The summed E-state index contributed by atoms with van der Waals surface area (Å²) in [6, 6.07) is 0. The number of hydrogen-bond donors (Lipinski definition) is 4. The summed E-state index contributed by atoms with van der Waals surface area (Å²) in [5.74, 6) is -1.47. The first-order valence-electron chi connectivity index (χ1n) is 4.04. The molecule has 1 atom stereocenters. The van der Waals surface area contributed by atoms with Crippen molar-refractivity contribution < 1.29 is 23.4 Å². The number of aliphatic carboxylic acids is 1. The minimum absolute atomic E-state index is 0.262. The number of carboxylic acids is 1. The summed E-state index contributed by atoms with van der Waals surface area (Å²) >= 11 is 0. The maximum Gasteiger partial charge on any atom is 0.333 e. The third-order valence-corrected chi connectivity index (χ3v) is 2.42. The fourth-order valence-corrected chi connectivity index (χ4v) is 1.52. The van der Waals surface area contributed by atoms with Gasteiger partial charge in [0.15, 0.2) is 6.10 Å². The molecule has 0 aliphatic heterocycles. The van der Waals surface area contributed by atoms with Crippen LogP contribution in [0.5, 0.6) is 0 Å². The van der Waals surface area contributed by atoms with Crippen molar-refractivity contribution in [3.8, 4) is 0 Å². The molecule has 0 unspecified atom stereocenters. The van der Waals surface area contributed by atoms with Crippen molar-refractivity contribution in [2.45, 2.75) is 19.4 Å². The predicted octanol–water partition coefficient (Wildman–Crippen LogP) is -1.73. The lowest BCUT2D eigenvalue weighted by molar-refractivity contribution is -0.146. The number of nitrogens with one attached hydrogen (secondary N) is 2. The van der Waals surface area contributed by atoms with Gasteiger partial charge in [0.05, 0.1) is 0 Å². The Morgan fingerprint density at radius 2 is 2.00 bits per heavy atom. The molecular weight excluding hydrogens is 212 g/mol. The van der Waals surface area contributed by atoms with Gasteiger partial charge < -0.3 is 10.2 Å². The molecule has 0 fully saturated rings. The normalized spacial score (nSPS) is 13.9. The van der Waals surface area contributed by atoms with Gasteiger partial charge in [-0.25, -0.2) is 9.52 Å². The lowest BCUT2D eigenvalue weighted by atomic mass is 10.4. The van der Waals surface area contributed by atoms with Crippen molar-refractivity contribution in [3.05, 3.63) is 0 Å². The van der Waals surface area contributed by atoms with Gasteiger partial charge in [-0.1, -0.05) is 6.92 Å². The van der Waals surface area contributed by atoms with Crippen LogP contribution in [0.4, 0.5) is 0 Å². The maximum atomic E-state index is 11.0. The molecule has 14 heavy (non-hydrogen) atoms. The van der Waals surface area contributed by atoms with Gasteiger partial charge in [0.2, 0.25) is 0 Å². The third-order valence-electron chi connectivity index (χ3n) is 1.29. The van der Waals surface area contributed by atoms with Crippen LogP contribution in [0, 0.1) is 0 Å². The second-order valence-electron chi connectivity index (χ2n) is 2.60. The summed E-state index contributed by atoms with van der Waals surface area (Å²) in [6.07, 6.45) is -1.10.